The zero-order valence-electron chi connectivity index (χ0n) is 13.4. The van der Waals surface area contributed by atoms with Crippen molar-refractivity contribution in [2.45, 2.75) is 64.1 Å². The van der Waals surface area contributed by atoms with Crippen molar-refractivity contribution in [3.8, 4) is 0 Å². The van der Waals surface area contributed by atoms with Crippen LogP contribution in [0.15, 0.2) is 30.3 Å². The number of hydrogen-bond acceptors (Lipinski definition) is 2. The van der Waals surface area contributed by atoms with Gasteiger partial charge in [0.2, 0.25) is 0 Å². The van der Waals surface area contributed by atoms with Crippen LogP contribution in [0.2, 0.25) is 0 Å². The van der Waals surface area contributed by atoms with E-state index in [1.54, 1.807) is 0 Å². The molecule has 0 bridgehead atoms. The Morgan fingerprint density at radius 1 is 1.05 bits per heavy atom. The van der Waals surface area contributed by atoms with Gasteiger partial charge in [-0.15, -0.1) is 0 Å². The molecule has 2 atom stereocenters. The van der Waals surface area contributed by atoms with Crippen LogP contribution in [0.4, 0.5) is 0 Å². The molecule has 2 nitrogen and oxygen atoms in total. The molecule has 0 radical (unpaired) electrons. The average molecular weight is 286 g/mol. The van der Waals surface area contributed by atoms with Crippen molar-refractivity contribution in [2.24, 2.45) is 5.92 Å². The predicted octanol–water partition coefficient (Wildman–Crippen LogP) is 3.82. The summed E-state index contributed by atoms with van der Waals surface area (Å²) in [4.78, 5) is 2.67. The largest absolute Gasteiger partial charge is 0.310 e. The van der Waals surface area contributed by atoms with E-state index in [-0.39, 0.29) is 0 Å². The summed E-state index contributed by atoms with van der Waals surface area (Å²) in [5.41, 5.74) is 1.45. The second kappa shape index (κ2) is 7.42. The third-order valence-corrected chi connectivity index (χ3v) is 5.27. The minimum absolute atomic E-state index is 0.704. The zero-order chi connectivity index (χ0) is 14.5. The van der Waals surface area contributed by atoms with Gasteiger partial charge in [-0.1, -0.05) is 56.5 Å². The fourth-order valence-corrected chi connectivity index (χ4v) is 4.12. The van der Waals surface area contributed by atoms with E-state index in [2.05, 4.69) is 47.5 Å². The van der Waals surface area contributed by atoms with Gasteiger partial charge in [-0.2, -0.15) is 0 Å². The first kappa shape index (κ1) is 15.1. The number of nitrogens with one attached hydrogen (secondary N) is 1. The molecule has 1 heterocycles. The summed E-state index contributed by atoms with van der Waals surface area (Å²) in [6, 6.07) is 12.4. The number of piperidine rings is 1. The molecule has 1 N–H and O–H groups in total. The summed E-state index contributed by atoms with van der Waals surface area (Å²) < 4.78 is 0. The van der Waals surface area contributed by atoms with Crippen LogP contribution in [-0.2, 0) is 6.54 Å². The first-order valence-corrected chi connectivity index (χ1v) is 8.86. The molecular weight excluding hydrogens is 256 g/mol. The van der Waals surface area contributed by atoms with Crippen LogP contribution in [0.1, 0.15) is 51.0 Å². The molecule has 0 spiro atoms. The van der Waals surface area contributed by atoms with E-state index in [9.17, 15) is 0 Å². The van der Waals surface area contributed by atoms with Crippen LogP contribution < -0.4 is 5.32 Å². The molecule has 1 saturated heterocycles. The van der Waals surface area contributed by atoms with Crippen molar-refractivity contribution in [3.63, 3.8) is 0 Å². The van der Waals surface area contributed by atoms with Gasteiger partial charge < -0.3 is 5.32 Å². The topological polar surface area (TPSA) is 15.3 Å². The Hall–Kier alpha value is -0.860. The lowest BCUT2D eigenvalue weighted by Gasteiger charge is -2.39. The zero-order valence-corrected chi connectivity index (χ0v) is 13.4. The number of rotatable bonds is 5. The lowest BCUT2D eigenvalue weighted by molar-refractivity contribution is 0.126. The molecule has 0 aromatic heterocycles. The van der Waals surface area contributed by atoms with Gasteiger partial charge in [0, 0.05) is 31.7 Å². The van der Waals surface area contributed by atoms with E-state index in [0.29, 0.717) is 6.04 Å². The SMILES string of the molecule is CCC1CC(NC2CCCC2)CN(Cc2ccccc2)C1. The number of likely N-dealkylation sites (tertiary alicyclic amines) is 1. The molecule has 1 aliphatic heterocycles. The van der Waals surface area contributed by atoms with Crippen LogP contribution in [-0.4, -0.2) is 30.1 Å². The Labute approximate surface area is 129 Å². The Balaban J connectivity index is 1.58. The molecule has 2 heteroatoms. The molecule has 1 aromatic rings. The predicted molar refractivity (Wildman–Crippen MR) is 89.3 cm³/mol. The number of nitrogens with zero attached hydrogens (tertiary/aromatic N) is 1. The third kappa shape index (κ3) is 4.31. The molecular formula is C19H30N2. The summed E-state index contributed by atoms with van der Waals surface area (Å²) in [5.74, 6) is 0.862. The van der Waals surface area contributed by atoms with Gasteiger partial charge in [0.25, 0.3) is 0 Å². The molecule has 1 aromatic carbocycles. The van der Waals surface area contributed by atoms with Crippen molar-refractivity contribution < 1.29 is 0 Å². The third-order valence-electron chi connectivity index (χ3n) is 5.27. The van der Waals surface area contributed by atoms with Crippen molar-refractivity contribution in [2.75, 3.05) is 13.1 Å². The van der Waals surface area contributed by atoms with Gasteiger partial charge in [-0.3, -0.25) is 4.90 Å². The number of benzene rings is 1. The van der Waals surface area contributed by atoms with Gasteiger partial charge in [0.05, 0.1) is 0 Å². The summed E-state index contributed by atoms with van der Waals surface area (Å²) in [7, 11) is 0. The highest BCUT2D eigenvalue weighted by Gasteiger charge is 2.28. The standard InChI is InChI=1S/C19H30N2/c1-2-16-12-19(20-18-10-6-7-11-18)15-21(13-16)14-17-8-4-3-5-9-17/h3-5,8-9,16,18-20H,2,6-7,10-15H2,1H3. The van der Waals surface area contributed by atoms with Crippen LogP contribution in [0.3, 0.4) is 0 Å². The maximum atomic E-state index is 3.96. The van der Waals surface area contributed by atoms with E-state index < -0.39 is 0 Å². The fourth-order valence-electron chi connectivity index (χ4n) is 4.12. The van der Waals surface area contributed by atoms with E-state index in [0.717, 1.165) is 18.5 Å². The summed E-state index contributed by atoms with van der Waals surface area (Å²) in [5, 5.41) is 3.96. The van der Waals surface area contributed by atoms with Gasteiger partial charge in [0.15, 0.2) is 0 Å². The number of hydrogen-bond donors (Lipinski definition) is 1. The van der Waals surface area contributed by atoms with E-state index in [1.807, 2.05) is 0 Å². The first-order chi connectivity index (χ1) is 10.3. The molecule has 21 heavy (non-hydrogen) atoms. The smallest absolute Gasteiger partial charge is 0.0234 e. The lowest BCUT2D eigenvalue weighted by Crippen LogP contribution is -2.51. The van der Waals surface area contributed by atoms with E-state index in [1.165, 1.54) is 57.2 Å². The van der Waals surface area contributed by atoms with Crippen molar-refractivity contribution in [3.05, 3.63) is 35.9 Å². The minimum atomic E-state index is 0.704. The molecule has 3 rings (SSSR count). The highest BCUT2D eigenvalue weighted by atomic mass is 15.2. The second-order valence-corrected chi connectivity index (χ2v) is 7.03. The molecule has 1 aliphatic carbocycles. The first-order valence-electron chi connectivity index (χ1n) is 8.86. The Bertz CT molecular complexity index is 411. The van der Waals surface area contributed by atoms with Crippen LogP contribution >= 0.6 is 0 Å². The highest BCUT2D eigenvalue weighted by molar-refractivity contribution is 5.14. The van der Waals surface area contributed by atoms with Crippen LogP contribution in [0.5, 0.6) is 0 Å². The molecule has 2 fully saturated rings. The summed E-state index contributed by atoms with van der Waals surface area (Å²) in [6.07, 6.45) is 8.33. The van der Waals surface area contributed by atoms with Gasteiger partial charge >= 0.3 is 0 Å². The highest BCUT2D eigenvalue weighted by Crippen LogP contribution is 2.24. The summed E-state index contributed by atoms with van der Waals surface area (Å²) in [6.45, 7) is 5.96. The van der Waals surface area contributed by atoms with E-state index in [4.69, 9.17) is 0 Å². The van der Waals surface area contributed by atoms with Crippen molar-refractivity contribution in [1.29, 1.82) is 0 Å². The van der Waals surface area contributed by atoms with Crippen molar-refractivity contribution in [1.82, 2.24) is 10.2 Å². The van der Waals surface area contributed by atoms with Crippen molar-refractivity contribution >= 4 is 0 Å². The lowest BCUT2D eigenvalue weighted by atomic mass is 9.91. The quantitative estimate of drug-likeness (QED) is 0.885. The van der Waals surface area contributed by atoms with Gasteiger partial charge in [-0.25, -0.2) is 0 Å². The summed E-state index contributed by atoms with van der Waals surface area (Å²) >= 11 is 0. The minimum Gasteiger partial charge on any atom is -0.310 e. The Kier molecular flexibility index (Phi) is 5.32. The van der Waals surface area contributed by atoms with E-state index >= 15 is 0 Å². The maximum Gasteiger partial charge on any atom is 0.0234 e. The molecule has 116 valence electrons. The average Bonchev–Trinajstić information content (AvgIpc) is 3.01. The monoisotopic (exact) mass is 286 g/mol. The van der Waals surface area contributed by atoms with Crippen LogP contribution in [0.25, 0.3) is 0 Å². The molecule has 1 saturated carbocycles. The Morgan fingerprint density at radius 3 is 2.52 bits per heavy atom. The normalized spacial score (nSPS) is 28.0. The second-order valence-electron chi connectivity index (χ2n) is 7.03. The van der Waals surface area contributed by atoms with Gasteiger partial charge in [0.1, 0.15) is 0 Å². The van der Waals surface area contributed by atoms with Gasteiger partial charge in [-0.05, 0) is 30.7 Å². The van der Waals surface area contributed by atoms with Crippen LogP contribution in [0, 0.1) is 5.92 Å². The molecule has 2 aliphatic rings. The molecule has 2 unspecified atom stereocenters. The maximum absolute atomic E-state index is 3.96. The Morgan fingerprint density at radius 2 is 1.81 bits per heavy atom. The molecule has 0 amide bonds. The fraction of sp³-hybridized carbons (Fsp3) is 0.684.